The third-order valence-electron chi connectivity index (χ3n) is 7.40. The molecule has 45 heavy (non-hydrogen) atoms. The van der Waals surface area contributed by atoms with Gasteiger partial charge in [0.1, 0.15) is 31.0 Å². The molecule has 2 aromatic rings. The summed E-state index contributed by atoms with van der Waals surface area (Å²) in [6.07, 6.45) is -3.50. The Balaban J connectivity index is 1.10. The minimum atomic E-state index is -1.03. The highest BCUT2D eigenvalue weighted by molar-refractivity contribution is 6.30. The van der Waals surface area contributed by atoms with Gasteiger partial charge in [0, 0.05) is 28.8 Å². The van der Waals surface area contributed by atoms with Crippen LogP contribution in [0, 0.1) is 6.92 Å². The zero-order valence-corrected chi connectivity index (χ0v) is 24.6. The summed E-state index contributed by atoms with van der Waals surface area (Å²) >= 11 is 6.01. The fourth-order valence-corrected chi connectivity index (χ4v) is 5.47. The van der Waals surface area contributed by atoms with Crippen LogP contribution in [0.25, 0.3) is 0 Å². The van der Waals surface area contributed by atoms with Crippen molar-refractivity contribution in [2.75, 3.05) is 19.8 Å². The van der Waals surface area contributed by atoms with E-state index in [1.54, 1.807) is 25.3 Å². The molecule has 2 fully saturated rings. The van der Waals surface area contributed by atoms with Gasteiger partial charge in [0.25, 0.3) is 0 Å². The number of carbonyl (C=O) groups excluding carboxylic acids is 2. The van der Waals surface area contributed by atoms with Crippen molar-refractivity contribution in [2.45, 2.75) is 69.4 Å². The molecular formula is C27H32ClN3O14. The predicted octanol–water partition coefficient (Wildman–Crippen LogP) is 2.82. The van der Waals surface area contributed by atoms with E-state index in [1.165, 1.54) is 0 Å². The maximum absolute atomic E-state index is 12.9. The summed E-state index contributed by atoms with van der Waals surface area (Å²) in [4.78, 5) is 38.7. The van der Waals surface area contributed by atoms with Crippen molar-refractivity contribution in [1.29, 1.82) is 0 Å². The van der Waals surface area contributed by atoms with Crippen molar-refractivity contribution in [3.8, 4) is 5.75 Å². The number of fused-ring (bicyclic) bond motifs is 2. The predicted molar refractivity (Wildman–Crippen MR) is 143 cm³/mol. The number of carbonyl (C=O) groups is 2. The summed E-state index contributed by atoms with van der Waals surface area (Å²) in [5.74, 6) is -0.342. The summed E-state index contributed by atoms with van der Waals surface area (Å²) in [5, 5.41) is 34.4. The Morgan fingerprint density at radius 1 is 1.02 bits per heavy atom. The first kappa shape index (κ1) is 33.3. The molecule has 0 spiro atoms. The molecule has 0 radical (unpaired) electrons. The molecule has 4 heterocycles. The molecule has 4 N–H and O–H groups in total. The Labute approximate surface area is 260 Å². The number of aryl methyl sites for hydroxylation is 1. The van der Waals surface area contributed by atoms with Crippen LogP contribution in [0.15, 0.2) is 30.5 Å². The van der Waals surface area contributed by atoms with Crippen molar-refractivity contribution >= 4 is 23.7 Å². The molecule has 18 heteroatoms. The summed E-state index contributed by atoms with van der Waals surface area (Å²) < 4.78 is 34.1. The molecule has 5 rings (SSSR count). The Kier molecular flexibility index (Phi) is 11.1. The van der Waals surface area contributed by atoms with Gasteiger partial charge in [-0.1, -0.05) is 23.7 Å². The number of nitrogens with zero attached hydrogens (tertiary/aromatic N) is 3. The van der Waals surface area contributed by atoms with Crippen LogP contribution in [-0.4, -0.2) is 99.1 Å². The lowest BCUT2D eigenvalue weighted by molar-refractivity contribution is -0.527. The number of esters is 1. The first-order valence-corrected chi connectivity index (χ1v) is 14.3. The van der Waals surface area contributed by atoms with Crippen LogP contribution in [0.2, 0.25) is 5.02 Å². The highest BCUT2D eigenvalue weighted by atomic mass is 35.5. The fraction of sp³-hybridized carbons (Fsp3) is 0.519. The molecule has 0 bridgehead atoms. The topological polar surface area (TPSA) is 208 Å². The normalized spacial score (nSPS) is 24.5. The van der Waals surface area contributed by atoms with Crippen molar-refractivity contribution in [3.05, 3.63) is 57.9 Å². The summed E-state index contributed by atoms with van der Waals surface area (Å²) in [6.45, 7) is 1.46. The van der Waals surface area contributed by atoms with Crippen LogP contribution in [0.5, 0.6) is 5.75 Å². The molecule has 0 aliphatic carbocycles. The molecule has 1 aromatic heterocycles. The number of ether oxygens (including phenoxy) is 6. The van der Waals surface area contributed by atoms with E-state index in [-0.39, 0.29) is 44.8 Å². The van der Waals surface area contributed by atoms with Gasteiger partial charge in [-0.3, -0.25) is 30.6 Å². The van der Waals surface area contributed by atoms with Gasteiger partial charge in [-0.2, -0.15) is 0 Å². The van der Waals surface area contributed by atoms with E-state index in [1.807, 2.05) is 12.1 Å². The maximum Gasteiger partial charge on any atom is 0.514 e. The lowest BCUT2D eigenvalue weighted by atomic mass is 10.0. The fourth-order valence-electron chi connectivity index (χ4n) is 5.35. The largest absolute Gasteiger partial charge is 0.514 e. The molecule has 6 atom stereocenters. The molecular weight excluding hydrogens is 626 g/mol. The summed E-state index contributed by atoms with van der Waals surface area (Å²) in [7, 11) is 0. The van der Waals surface area contributed by atoms with E-state index >= 15 is 0 Å². The second-order valence-electron chi connectivity index (χ2n) is 10.4. The van der Waals surface area contributed by atoms with Crippen molar-refractivity contribution in [2.24, 2.45) is 0 Å². The van der Waals surface area contributed by atoms with Gasteiger partial charge in [-0.15, -0.1) is 0 Å². The minimum absolute atomic E-state index is 0.00502. The van der Waals surface area contributed by atoms with Gasteiger partial charge in [0.15, 0.2) is 18.0 Å². The van der Waals surface area contributed by atoms with Gasteiger partial charge in [0.2, 0.25) is 0 Å². The van der Waals surface area contributed by atoms with Crippen molar-refractivity contribution < 1.29 is 68.5 Å². The zero-order valence-electron chi connectivity index (χ0n) is 23.9. The van der Waals surface area contributed by atoms with Gasteiger partial charge >= 0.3 is 12.1 Å². The smallest absolute Gasteiger partial charge is 0.457 e. The second-order valence-corrected chi connectivity index (χ2v) is 10.8. The quantitative estimate of drug-likeness (QED) is 0.180. The zero-order chi connectivity index (χ0) is 32.1. The number of hydrogen-bond donors (Lipinski definition) is 4. The first-order valence-electron chi connectivity index (χ1n) is 13.9. The molecule has 3 aliphatic rings. The van der Waals surface area contributed by atoms with E-state index in [0.29, 0.717) is 16.3 Å². The van der Waals surface area contributed by atoms with E-state index in [4.69, 9.17) is 60.9 Å². The third-order valence-corrected chi connectivity index (χ3v) is 7.65. The number of hydrogen-bond acceptors (Lipinski definition) is 17. The van der Waals surface area contributed by atoms with Crippen molar-refractivity contribution in [1.82, 2.24) is 15.8 Å². The number of benzene rings is 1. The SMILES string of the molecule is Cc1ncc2c(c1OC(=O)O[C@H]1CO[C@H]3[C@@H]1OC[C@@H]3OC(=O)CCC[C@H](CON(O)O)ON(O)O)CO[C@H]2c1ccc(Cl)cc1. The van der Waals surface area contributed by atoms with Gasteiger partial charge < -0.3 is 28.4 Å². The molecule has 3 aliphatic heterocycles. The molecule has 0 amide bonds. The van der Waals surface area contributed by atoms with Crippen molar-refractivity contribution in [3.63, 3.8) is 0 Å². The first-order chi connectivity index (χ1) is 21.6. The Morgan fingerprint density at radius 2 is 1.71 bits per heavy atom. The molecule has 0 saturated carbocycles. The lowest BCUT2D eigenvalue weighted by Gasteiger charge is -2.19. The third kappa shape index (κ3) is 8.41. The van der Waals surface area contributed by atoms with Crippen LogP contribution in [-0.2, 0) is 44.8 Å². The van der Waals surface area contributed by atoms with Crippen LogP contribution in [0.4, 0.5) is 4.79 Å². The Bertz CT molecular complexity index is 1330. The Morgan fingerprint density at radius 3 is 2.38 bits per heavy atom. The molecule has 2 saturated heterocycles. The van der Waals surface area contributed by atoms with Gasteiger partial charge in [-0.05, 0) is 37.5 Å². The minimum Gasteiger partial charge on any atom is -0.457 e. The number of pyridine rings is 1. The maximum atomic E-state index is 12.9. The van der Waals surface area contributed by atoms with Crippen LogP contribution < -0.4 is 4.74 Å². The summed E-state index contributed by atoms with van der Waals surface area (Å²) in [6, 6.07) is 7.25. The van der Waals surface area contributed by atoms with Crippen LogP contribution >= 0.6 is 11.6 Å². The number of aromatic nitrogens is 1. The van der Waals surface area contributed by atoms with E-state index < -0.39 is 66.1 Å². The van der Waals surface area contributed by atoms with Gasteiger partial charge in [-0.25, -0.2) is 14.5 Å². The second kappa shape index (κ2) is 15.0. The number of rotatable bonds is 13. The lowest BCUT2D eigenvalue weighted by Crippen LogP contribution is -2.36. The van der Waals surface area contributed by atoms with E-state index in [9.17, 15) is 9.59 Å². The molecule has 17 nitrogen and oxygen atoms in total. The summed E-state index contributed by atoms with van der Waals surface area (Å²) in [5.41, 5.74) is 2.81. The number of halogens is 1. The highest BCUT2D eigenvalue weighted by Crippen LogP contribution is 2.41. The molecule has 246 valence electrons. The van der Waals surface area contributed by atoms with E-state index in [0.717, 1.165) is 11.1 Å². The van der Waals surface area contributed by atoms with E-state index in [2.05, 4.69) is 14.7 Å². The highest BCUT2D eigenvalue weighted by Gasteiger charge is 2.51. The average molecular weight is 658 g/mol. The Hall–Kier alpha value is -3.04. The standard InChI is InChI=1S/C27H32ClN3O14/c1-14-23(19-11-38-24(18(19)9-29-14)15-5-7-16(28)8-6-15)44-27(33)43-21-13-40-25-20(12-39-26(21)25)42-22(32)4-2-3-17(45-31(36)37)10-41-30(34)35/h5-9,17,20-21,24-26,34-37H,2-4,10-13H2,1H3/t17-,20+,21+,24+,25-,26-/m1/s1. The van der Waals surface area contributed by atoms with Gasteiger partial charge in [0.05, 0.1) is 36.3 Å². The molecule has 0 unspecified atom stereocenters. The van der Waals surface area contributed by atoms with Crippen LogP contribution in [0.3, 0.4) is 0 Å². The van der Waals surface area contributed by atoms with Crippen LogP contribution in [0.1, 0.15) is 47.8 Å². The average Bonchev–Trinajstić information content (AvgIpc) is 3.70. The molecule has 1 aromatic carbocycles. The monoisotopic (exact) mass is 657 g/mol.